The summed E-state index contributed by atoms with van der Waals surface area (Å²) in [5.41, 5.74) is 3.76. The van der Waals surface area contributed by atoms with Crippen LogP contribution in [0.5, 0.6) is 0 Å². The molecule has 1 aromatic carbocycles. The zero-order chi connectivity index (χ0) is 13.7. The van der Waals surface area contributed by atoms with E-state index in [9.17, 15) is 0 Å². The topological polar surface area (TPSA) is 73.1 Å². The van der Waals surface area contributed by atoms with E-state index in [0.29, 0.717) is 18.2 Å². The van der Waals surface area contributed by atoms with Gasteiger partial charge in [0.05, 0.1) is 0 Å². The summed E-state index contributed by atoms with van der Waals surface area (Å²) in [5, 5.41) is 0.834. The third kappa shape index (κ3) is 3.92. The highest BCUT2D eigenvalue weighted by atomic mass is 32.2. The van der Waals surface area contributed by atoms with E-state index >= 15 is 0 Å². The largest absolute Gasteiger partial charge is 0.377 e. The van der Waals surface area contributed by atoms with E-state index in [1.807, 2.05) is 18.2 Å². The molecule has 5 nitrogen and oxygen atoms in total. The van der Waals surface area contributed by atoms with Gasteiger partial charge in [0.15, 0.2) is 5.82 Å². The minimum atomic E-state index is 0.358. The van der Waals surface area contributed by atoms with Gasteiger partial charge in [-0.15, -0.1) is 0 Å². The van der Waals surface area contributed by atoms with Crippen LogP contribution >= 0.6 is 11.8 Å². The first-order valence-electron chi connectivity index (χ1n) is 5.79. The summed E-state index contributed by atoms with van der Waals surface area (Å²) in [7, 11) is 1.61. The van der Waals surface area contributed by atoms with Crippen LogP contribution in [0.4, 0.5) is 5.82 Å². The molecule has 0 fully saturated rings. The second-order valence-electron chi connectivity index (χ2n) is 4.00. The van der Waals surface area contributed by atoms with Crippen LogP contribution in [0.3, 0.4) is 0 Å². The average molecular weight is 276 g/mol. The third-order valence-electron chi connectivity index (χ3n) is 2.38. The Hall–Kier alpha value is -1.63. The van der Waals surface area contributed by atoms with Gasteiger partial charge in [0, 0.05) is 18.1 Å². The van der Waals surface area contributed by atoms with Crippen molar-refractivity contribution in [3.63, 3.8) is 0 Å². The molecule has 0 spiro atoms. The number of anilines is 1. The lowest BCUT2D eigenvalue weighted by molar-refractivity contribution is 0.177. The van der Waals surface area contributed by atoms with Crippen LogP contribution in [0.25, 0.3) is 0 Å². The Morgan fingerprint density at radius 3 is 2.84 bits per heavy atom. The molecule has 0 saturated carbocycles. The van der Waals surface area contributed by atoms with Gasteiger partial charge < -0.3 is 10.2 Å². The van der Waals surface area contributed by atoms with Crippen molar-refractivity contribution in [2.24, 2.45) is 5.84 Å². The predicted molar refractivity (Wildman–Crippen MR) is 75.9 cm³/mol. The fourth-order valence-electron chi connectivity index (χ4n) is 1.59. The number of hydrazine groups is 1. The highest BCUT2D eigenvalue weighted by molar-refractivity contribution is 7.99. The van der Waals surface area contributed by atoms with Gasteiger partial charge >= 0.3 is 0 Å². The van der Waals surface area contributed by atoms with E-state index in [1.54, 1.807) is 18.9 Å². The first-order chi connectivity index (χ1) is 9.21. The van der Waals surface area contributed by atoms with E-state index in [-0.39, 0.29) is 0 Å². The second-order valence-corrected chi connectivity index (χ2v) is 5.10. The van der Waals surface area contributed by atoms with Crippen LogP contribution in [-0.2, 0) is 11.3 Å². The fourth-order valence-corrected chi connectivity index (χ4v) is 2.55. The van der Waals surface area contributed by atoms with E-state index in [4.69, 9.17) is 10.6 Å². The van der Waals surface area contributed by atoms with Crippen LogP contribution in [0, 0.1) is 6.92 Å². The number of nitrogens with one attached hydrogen (secondary N) is 1. The van der Waals surface area contributed by atoms with Crippen LogP contribution < -0.4 is 11.3 Å². The van der Waals surface area contributed by atoms with E-state index in [1.165, 1.54) is 5.56 Å². The van der Waals surface area contributed by atoms with Crippen molar-refractivity contribution in [2.45, 2.75) is 23.5 Å². The summed E-state index contributed by atoms with van der Waals surface area (Å²) in [6.45, 7) is 2.42. The van der Waals surface area contributed by atoms with Crippen LogP contribution in [-0.4, -0.2) is 17.1 Å². The van der Waals surface area contributed by atoms with Crippen LogP contribution in [0.2, 0.25) is 0 Å². The average Bonchev–Trinajstić information content (AvgIpc) is 2.39. The molecule has 1 heterocycles. The number of nitrogens with two attached hydrogens (primary N) is 1. The molecule has 0 atom stereocenters. The molecule has 0 bridgehead atoms. The summed E-state index contributed by atoms with van der Waals surface area (Å²) in [6, 6.07) is 10.1. The molecule has 0 amide bonds. The summed E-state index contributed by atoms with van der Waals surface area (Å²) in [6.07, 6.45) is 0. The number of aryl methyl sites for hydroxylation is 1. The van der Waals surface area contributed by atoms with Gasteiger partial charge in [0.2, 0.25) is 0 Å². The highest BCUT2D eigenvalue weighted by Crippen LogP contribution is 2.27. The van der Waals surface area contributed by atoms with Gasteiger partial charge in [-0.05, 0) is 19.1 Å². The van der Waals surface area contributed by atoms with Crippen molar-refractivity contribution in [2.75, 3.05) is 12.5 Å². The number of rotatable bonds is 5. The Bertz CT molecular complexity index is 562. The number of aromatic nitrogens is 2. The number of nitrogens with zero attached hydrogens (tertiary/aromatic N) is 2. The number of hydrogen-bond donors (Lipinski definition) is 2. The molecule has 100 valence electrons. The Morgan fingerprint density at radius 2 is 2.16 bits per heavy atom. The molecule has 0 aliphatic carbocycles. The molecule has 0 saturated heterocycles. The third-order valence-corrected chi connectivity index (χ3v) is 3.29. The zero-order valence-corrected chi connectivity index (χ0v) is 11.7. The molecule has 19 heavy (non-hydrogen) atoms. The lowest BCUT2D eigenvalue weighted by Gasteiger charge is -2.07. The summed E-state index contributed by atoms with van der Waals surface area (Å²) in [5.74, 6) is 6.60. The van der Waals surface area contributed by atoms with Gasteiger partial charge in [-0.2, -0.15) is 0 Å². The number of methoxy groups -OCH3 is 1. The van der Waals surface area contributed by atoms with Gasteiger partial charge in [0.25, 0.3) is 0 Å². The summed E-state index contributed by atoms with van der Waals surface area (Å²) < 4.78 is 5.05. The monoisotopic (exact) mass is 276 g/mol. The van der Waals surface area contributed by atoms with Crippen molar-refractivity contribution in [3.05, 3.63) is 41.7 Å². The molecule has 1 aromatic heterocycles. The number of hydrogen-bond acceptors (Lipinski definition) is 6. The second kappa shape index (κ2) is 6.51. The van der Waals surface area contributed by atoms with Gasteiger partial charge in [-0.1, -0.05) is 29.5 Å². The normalized spacial score (nSPS) is 10.5. The van der Waals surface area contributed by atoms with Crippen molar-refractivity contribution < 1.29 is 4.74 Å². The van der Waals surface area contributed by atoms with Gasteiger partial charge in [-0.25, -0.2) is 15.8 Å². The summed E-state index contributed by atoms with van der Waals surface area (Å²) in [4.78, 5) is 9.77. The maximum Gasteiger partial charge on any atom is 0.157 e. The minimum absolute atomic E-state index is 0.358. The molecule has 0 aliphatic rings. The highest BCUT2D eigenvalue weighted by Gasteiger charge is 2.06. The first-order valence-corrected chi connectivity index (χ1v) is 6.61. The number of ether oxygens (including phenoxy) is 1. The summed E-state index contributed by atoms with van der Waals surface area (Å²) >= 11 is 1.57. The standard InChI is InChI=1S/C13H16N4OS/c1-9-4-3-5-10(6-9)19-13-7-11(17-14)15-12(16-13)8-18-2/h3-7H,8,14H2,1-2H3,(H,15,16,17). The SMILES string of the molecule is COCc1nc(NN)cc(Sc2cccc(C)c2)n1. The quantitative estimate of drug-likeness (QED) is 0.496. The molecule has 2 aromatic rings. The Morgan fingerprint density at radius 1 is 1.32 bits per heavy atom. The van der Waals surface area contributed by atoms with Gasteiger partial charge in [0.1, 0.15) is 17.5 Å². The van der Waals surface area contributed by atoms with Crippen molar-refractivity contribution >= 4 is 17.6 Å². The van der Waals surface area contributed by atoms with Crippen molar-refractivity contribution in [1.82, 2.24) is 9.97 Å². The molecule has 3 N–H and O–H groups in total. The molecule has 0 aliphatic heterocycles. The maximum atomic E-state index is 5.41. The Kier molecular flexibility index (Phi) is 4.73. The predicted octanol–water partition coefficient (Wildman–Crippen LogP) is 2.37. The number of benzene rings is 1. The number of nitrogen functional groups attached to an aromatic ring is 1. The van der Waals surface area contributed by atoms with E-state index in [2.05, 4.69) is 34.5 Å². The maximum absolute atomic E-state index is 5.41. The Balaban J connectivity index is 2.26. The molecular weight excluding hydrogens is 260 g/mol. The molecular formula is C13H16N4OS. The van der Waals surface area contributed by atoms with Crippen LogP contribution in [0.15, 0.2) is 40.3 Å². The first kappa shape index (κ1) is 13.8. The molecule has 0 unspecified atom stereocenters. The molecule has 6 heteroatoms. The lowest BCUT2D eigenvalue weighted by Crippen LogP contribution is -2.11. The van der Waals surface area contributed by atoms with Crippen molar-refractivity contribution in [3.8, 4) is 0 Å². The smallest absolute Gasteiger partial charge is 0.157 e. The molecule has 0 radical (unpaired) electrons. The zero-order valence-electron chi connectivity index (χ0n) is 10.9. The Labute approximate surface area is 116 Å². The van der Waals surface area contributed by atoms with Gasteiger partial charge in [-0.3, -0.25) is 0 Å². The fraction of sp³-hybridized carbons (Fsp3) is 0.231. The van der Waals surface area contributed by atoms with Crippen molar-refractivity contribution in [1.29, 1.82) is 0 Å². The van der Waals surface area contributed by atoms with Crippen LogP contribution in [0.1, 0.15) is 11.4 Å². The molecule has 2 rings (SSSR count). The van der Waals surface area contributed by atoms with E-state index < -0.39 is 0 Å². The van der Waals surface area contributed by atoms with E-state index in [0.717, 1.165) is 9.92 Å². The minimum Gasteiger partial charge on any atom is -0.377 e. The lowest BCUT2D eigenvalue weighted by atomic mass is 10.2.